The smallest absolute Gasteiger partial charge is 0.326 e. The van der Waals surface area contributed by atoms with Crippen LogP contribution in [0.3, 0.4) is 0 Å². The summed E-state index contributed by atoms with van der Waals surface area (Å²) in [5.41, 5.74) is 2.81. The van der Waals surface area contributed by atoms with Crippen LogP contribution in [0.5, 0.6) is 5.75 Å². The Labute approximate surface area is 180 Å². The molecular formula is C27H32O3. The Morgan fingerprint density at radius 2 is 1.60 bits per heavy atom. The molecule has 1 aliphatic heterocycles. The highest BCUT2D eigenvalue weighted by atomic mass is 16.5. The van der Waals surface area contributed by atoms with Gasteiger partial charge in [-0.05, 0) is 40.9 Å². The van der Waals surface area contributed by atoms with Gasteiger partial charge in [-0.3, -0.25) is 9.59 Å². The van der Waals surface area contributed by atoms with Gasteiger partial charge >= 0.3 is 5.97 Å². The van der Waals surface area contributed by atoms with Crippen LogP contribution in [0, 0.1) is 0 Å². The zero-order valence-corrected chi connectivity index (χ0v) is 19.2. The monoisotopic (exact) mass is 404 g/mol. The molecule has 1 aliphatic rings. The third-order valence-electron chi connectivity index (χ3n) is 6.01. The van der Waals surface area contributed by atoms with E-state index in [1.807, 2.05) is 30.3 Å². The molecule has 2 aromatic carbocycles. The first-order valence-corrected chi connectivity index (χ1v) is 10.4. The van der Waals surface area contributed by atoms with E-state index in [1.54, 1.807) is 0 Å². The van der Waals surface area contributed by atoms with E-state index < -0.39 is 5.41 Å². The minimum atomic E-state index is -1.08. The summed E-state index contributed by atoms with van der Waals surface area (Å²) in [5, 5.41) is 0. The molecule has 1 heterocycles. The fourth-order valence-electron chi connectivity index (χ4n) is 4.05. The first kappa shape index (κ1) is 22.0. The topological polar surface area (TPSA) is 43.4 Å². The molecule has 0 saturated carbocycles. The molecule has 0 aliphatic carbocycles. The summed E-state index contributed by atoms with van der Waals surface area (Å²) in [5.74, 6) is 0.165. The second-order valence-electron chi connectivity index (χ2n) is 10.4. The number of rotatable bonds is 4. The van der Waals surface area contributed by atoms with Crippen molar-refractivity contribution >= 4 is 11.8 Å². The highest BCUT2D eigenvalue weighted by Gasteiger charge is 2.52. The minimum Gasteiger partial charge on any atom is -0.425 e. The fourth-order valence-corrected chi connectivity index (χ4v) is 4.05. The van der Waals surface area contributed by atoms with Crippen LogP contribution in [0.1, 0.15) is 77.1 Å². The lowest BCUT2D eigenvalue weighted by Gasteiger charge is -2.30. The van der Waals surface area contributed by atoms with Crippen molar-refractivity contribution < 1.29 is 14.3 Å². The lowest BCUT2D eigenvalue weighted by atomic mass is 9.68. The van der Waals surface area contributed by atoms with E-state index in [9.17, 15) is 9.59 Å². The number of fused-ring (bicyclic) bond motifs is 1. The summed E-state index contributed by atoms with van der Waals surface area (Å²) < 4.78 is 5.99. The van der Waals surface area contributed by atoms with Crippen LogP contribution < -0.4 is 4.74 Å². The molecule has 0 spiro atoms. The van der Waals surface area contributed by atoms with Gasteiger partial charge in [0.15, 0.2) is 5.78 Å². The van der Waals surface area contributed by atoms with E-state index in [-0.39, 0.29) is 29.0 Å². The SMILES string of the molecule is C=C(CC1(c2ccccc2)C(=O)Oc2c(C(C)(C)C)cc(C(C)(C)C)cc21)C(C)=O. The quantitative estimate of drug-likeness (QED) is 0.355. The van der Waals surface area contributed by atoms with Gasteiger partial charge in [0.25, 0.3) is 0 Å². The first-order chi connectivity index (χ1) is 13.8. The van der Waals surface area contributed by atoms with Gasteiger partial charge in [0, 0.05) is 11.1 Å². The van der Waals surface area contributed by atoms with Gasteiger partial charge < -0.3 is 4.74 Å². The maximum Gasteiger partial charge on any atom is 0.326 e. The molecule has 0 fully saturated rings. The molecule has 3 nitrogen and oxygen atoms in total. The molecule has 0 saturated heterocycles. The number of hydrogen-bond acceptors (Lipinski definition) is 3. The van der Waals surface area contributed by atoms with Gasteiger partial charge in [0.2, 0.25) is 0 Å². The van der Waals surface area contributed by atoms with Gasteiger partial charge in [-0.25, -0.2) is 0 Å². The van der Waals surface area contributed by atoms with E-state index in [2.05, 4.69) is 60.3 Å². The molecule has 3 rings (SSSR count). The molecule has 0 N–H and O–H groups in total. The van der Waals surface area contributed by atoms with Crippen LogP contribution in [0.4, 0.5) is 0 Å². The Morgan fingerprint density at radius 3 is 2.10 bits per heavy atom. The van der Waals surface area contributed by atoms with Crippen LogP contribution in [0.25, 0.3) is 0 Å². The van der Waals surface area contributed by atoms with Crippen LogP contribution >= 0.6 is 0 Å². The Hall–Kier alpha value is -2.68. The maximum absolute atomic E-state index is 13.6. The molecular weight excluding hydrogens is 372 g/mol. The Balaban J connectivity index is 2.42. The van der Waals surface area contributed by atoms with Crippen LogP contribution in [0.2, 0.25) is 0 Å². The number of esters is 1. The number of Topliss-reactive ketones (excluding diaryl/α,β-unsaturated/α-hetero) is 1. The highest BCUT2D eigenvalue weighted by molar-refractivity contribution is 5.99. The van der Waals surface area contributed by atoms with Gasteiger partial charge in [-0.1, -0.05) is 90.6 Å². The predicted octanol–water partition coefficient (Wildman–Crippen LogP) is 6.02. The summed E-state index contributed by atoms with van der Waals surface area (Å²) >= 11 is 0. The lowest BCUT2D eigenvalue weighted by Crippen LogP contribution is -2.36. The molecule has 1 atom stereocenters. The summed E-state index contributed by atoms with van der Waals surface area (Å²) in [6.45, 7) is 18.3. The average molecular weight is 405 g/mol. The molecule has 1 unspecified atom stereocenters. The molecule has 0 aromatic heterocycles. The molecule has 0 radical (unpaired) electrons. The van der Waals surface area contributed by atoms with E-state index >= 15 is 0 Å². The zero-order valence-electron chi connectivity index (χ0n) is 19.2. The number of hydrogen-bond donors (Lipinski definition) is 0. The van der Waals surface area contributed by atoms with Crippen LogP contribution in [0.15, 0.2) is 54.6 Å². The largest absolute Gasteiger partial charge is 0.425 e. The summed E-state index contributed by atoms with van der Waals surface area (Å²) in [6, 6.07) is 13.9. The highest BCUT2D eigenvalue weighted by Crippen LogP contribution is 2.52. The number of carbonyl (C=O) groups is 2. The standard InChI is InChI=1S/C27H32O3/c1-17(18(2)28)16-27(19-12-10-9-11-13-19)22-15-20(25(3,4)5)14-21(26(6,7)8)23(22)30-24(27)29/h9-15H,1,16H2,2-8H3. The van der Waals surface area contributed by atoms with Crippen molar-refractivity contribution in [1.29, 1.82) is 0 Å². The van der Waals surface area contributed by atoms with Gasteiger partial charge in [0.1, 0.15) is 11.2 Å². The van der Waals surface area contributed by atoms with Crippen LogP contribution in [-0.2, 0) is 25.8 Å². The van der Waals surface area contributed by atoms with Gasteiger partial charge in [-0.15, -0.1) is 0 Å². The lowest BCUT2D eigenvalue weighted by molar-refractivity contribution is -0.136. The number of ether oxygens (including phenoxy) is 1. The molecule has 0 amide bonds. The van der Waals surface area contributed by atoms with Crippen molar-refractivity contribution in [3.8, 4) is 5.75 Å². The summed E-state index contributed by atoms with van der Waals surface area (Å²) in [4.78, 5) is 25.7. The molecule has 0 bridgehead atoms. The molecule has 2 aromatic rings. The Morgan fingerprint density at radius 1 is 1.00 bits per heavy atom. The van der Waals surface area contributed by atoms with Crippen molar-refractivity contribution in [1.82, 2.24) is 0 Å². The third kappa shape index (κ3) is 3.62. The number of benzene rings is 2. The zero-order chi connectivity index (χ0) is 22.5. The van der Waals surface area contributed by atoms with Gasteiger partial charge in [0.05, 0.1) is 0 Å². The normalized spacial score (nSPS) is 18.7. The van der Waals surface area contributed by atoms with Crippen molar-refractivity contribution in [2.24, 2.45) is 0 Å². The molecule has 30 heavy (non-hydrogen) atoms. The molecule has 158 valence electrons. The number of ketones is 1. The van der Waals surface area contributed by atoms with Crippen LogP contribution in [-0.4, -0.2) is 11.8 Å². The van der Waals surface area contributed by atoms with E-state index in [1.165, 1.54) is 6.92 Å². The summed E-state index contributed by atoms with van der Waals surface area (Å²) in [7, 11) is 0. The second-order valence-corrected chi connectivity index (χ2v) is 10.4. The van der Waals surface area contributed by atoms with Crippen molar-refractivity contribution in [3.05, 3.63) is 76.9 Å². The van der Waals surface area contributed by atoms with E-state index in [0.29, 0.717) is 11.3 Å². The number of allylic oxidation sites excluding steroid dienone is 1. The van der Waals surface area contributed by atoms with Gasteiger partial charge in [-0.2, -0.15) is 0 Å². The third-order valence-corrected chi connectivity index (χ3v) is 6.01. The van der Waals surface area contributed by atoms with Crippen molar-refractivity contribution in [3.63, 3.8) is 0 Å². The predicted molar refractivity (Wildman–Crippen MR) is 121 cm³/mol. The number of carbonyl (C=O) groups excluding carboxylic acids is 2. The fraction of sp³-hybridized carbons (Fsp3) is 0.407. The summed E-state index contributed by atoms with van der Waals surface area (Å²) in [6.07, 6.45) is 0.204. The Kier molecular flexibility index (Phi) is 5.30. The Bertz CT molecular complexity index is 1020. The minimum absolute atomic E-state index is 0.110. The molecule has 3 heteroatoms. The van der Waals surface area contributed by atoms with Crippen molar-refractivity contribution in [2.75, 3.05) is 0 Å². The average Bonchev–Trinajstić information content (AvgIpc) is 2.92. The first-order valence-electron chi connectivity index (χ1n) is 10.4. The van der Waals surface area contributed by atoms with E-state index in [4.69, 9.17) is 4.74 Å². The van der Waals surface area contributed by atoms with Crippen molar-refractivity contribution in [2.45, 2.75) is 71.1 Å². The maximum atomic E-state index is 13.6. The van der Waals surface area contributed by atoms with E-state index in [0.717, 1.165) is 22.3 Å². The second kappa shape index (κ2) is 7.23.